The van der Waals surface area contributed by atoms with E-state index in [9.17, 15) is 14.7 Å². The van der Waals surface area contributed by atoms with Gasteiger partial charge in [-0.2, -0.15) is 0 Å². The number of carboxylic acid groups (broad SMARTS) is 1. The number of carbonyl (C=O) groups is 2. The highest BCUT2D eigenvalue weighted by atomic mass is 16.4. The molecule has 5 heteroatoms. The van der Waals surface area contributed by atoms with Crippen LogP contribution in [0.25, 0.3) is 0 Å². The van der Waals surface area contributed by atoms with E-state index in [1.54, 1.807) is 12.4 Å². The lowest BCUT2D eigenvalue weighted by molar-refractivity contribution is -0.121. The van der Waals surface area contributed by atoms with E-state index in [1.807, 2.05) is 36.4 Å². The van der Waals surface area contributed by atoms with E-state index >= 15 is 0 Å². The summed E-state index contributed by atoms with van der Waals surface area (Å²) in [4.78, 5) is 29.4. The van der Waals surface area contributed by atoms with Gasteiger partial charge in [-0.05, 0) is 35.4 Å². The number of hydrogen-bond acceptors (Lipinski definition) is 3. The fourth-order valence-corrected chi connectivity index (χ4v) is 3.63. The molecule has 25 heavy (non-hydrogen) atoms. The molecule has 1 aliphatic rings. The van der Waals surface area contributed by atoms with Gasteiger partial charge in [-0.15, -0.1) is 0 Å². The summed E-state index contributed by atoms with van der Waals surface area (Å²) in [5.74, 6) is 0.614. The van der Waals surface area contributed by atoms with Gasteiger partial charge in [0.2, 0.25) is 0 Å². The van der Waals surface area contributed by atoms with Gasteiger partial charge >= 0.3 is 6.09 Å². The molecule has 2 atom stereocenters. The van der Waals surface area contributed by atoms with E-state index in [4.69, 9.17) is 0 Å². The van der Waals surface area contributed by atoms with Gasteiger partial charge < -0.3 is 5.11 Å². The summed E-state index contributed by atoms with van der Waals surface area (Å²) in [5, 5.41) is 9.75. The molecule has 1 aromatic carbocycles. The first-order chi connectivity index (χ1) is 12.0. The Balaban J connectivity index is 1.94. The van der Waals surface area contributed by atoms with Crippen molar-refractivity contribution in [3.05, 3.63) is 59.9 Å². The second-order valence-corrected chi connectivity index (χ2v) is 6.77. The maximum absolute atomic E-state index is 12.0. The minimum atomic E-state index is -1.02. The molecule has 130 valence electrons. The van der Waals surface area contributed by atoms with Crippen molar-refractivity contribution in [3.63, 3.8) is 0 Å². The Kier molecular flexibility index (Phi) is 5.12. The number of nitrogens with zero attached hydrogens (tertiary/aromatic N) is 2. The van der Waals surface area contributed by atoms with E-state index in [-0.39, 0.29) is 18.2 Å². The molecule has 1 aliphatic carbocycles. The maximum atomic E-state index is 12.0. The van der Waals surface area contributed by atoms with Crippen molar-refractivity contribution in [2.24, 2.45) is 5.92 Å². The van der Waals surface area contributed by atoms with Crippen molar-refractivity contribution in [2.75, 3.05) is 4.90 Å². The van der Waals surface area contributed by atoms with Crippen LogP contribution < -0.4 is 4.90 Å². The number of pyridine rings is 1. The van der Waals surface area contributed by atoms with Crippen LogP contribution >= 0.6 is 0 Å². The molecule has 3 rings (SSSR count). The van der Waals surface area contributed by atoms with Crippen molar-refractivity contribution in [2.45, 2.75) is 38.6 Å². The Bertz CT molecular complexity index is 761. The Morgan fingerprint density at radius 1 is 1.24 bits per heavy atom. The van der Waals surface area contributed by atoms with Gasteiger partial charge in [0.15, 0.2) is 0 Å². The zero-order valence-electron chi connectivity index (χ0n) is 14.3. The van der Waals surface area contributed by atoms with E-state index in [0.717, 1.165) is 17.5 Å². The van der Waals surface area contributed by atoms with Crippen LogP contribution in [0, 0.1) is 5.92 Å². The number of amides is 1. The molecule has 2 aromatic rings. The molecule has 1 N–H and O–H groups in total. The van der Waals surface area contributed by atoms with Crippen LogP contribution in [0.5, 0.6) is 0 Å². The summed E-state index contributed by atoms with van der Waals surface area (Å²) < 4.78 is 0. The van der Waals surface area contributed by atoms with Crippen LogP contribution in [0.3, 0.4) is 0 Å². The van der Waals surface area contributed by atoms with Crippen molar-refractivity contribution in [1.29, 1.82) is 0 Å². The largest absolute Gasteiger partial charge is 0.465 e. The molecule has 0 bridgehead atoms. The van der Waals surface area contributed by atoms with Crippen molar-refractivity contribution < 1.29 is 14.7 Å². The highest BCUT2D eigenvalue weighted by Crippen LogP contribution is 2.38. The normalized spacial score (nSPS) is 20.3. The zero-order chi connectivity index (χ0) is 17.8. The van der Waals surface area contributed by atoms with Crippen LogP contribution in [-0.2, 0) is 11.3 Å². The molecule has 5 nitrogen and oxygen atoms in total. The van der Waals surface area contributed by atoms with Crippen LogP contribution in [0.1, 0.15) is 43.2 Å². The Hall–Kier alpha value is -2.69. The third-order valence-electron chi connectivity index (χ3n) is 4.71. The summed E-state index contributed by atoms with van der Waals surface area (Å²) in [5.41, 5.74) is 2.38. The molecule has 0 saturated heterocycles. The molecule has 1 fully saturated rings. The summed E-state index contributed by atoms with van der Waals surface area (Å²) in [7, 11) is 0. The number of hydrogen-bond donors (Lipinski definition) is 1. The number of ketones is 1. The summed E-state index contributed by atoms with van der Waals surface area (Å²) in [6.45, 7) is 2.33. The molecular weight excluding hydrogens is 316 g/mol. The van der Waals surface area contributed by atoms with E-state index < -0.39 is 6.09 Å². The summed E-state index contributed by atoms with van der Waals surface area (Å²) in [6, 6.07) is 11.3. The number of benzene rings is 1. The Labute approximate surface area is 147 Å². The van der Waals surface area contributed by atoms with Crippen molar-refractivity contribution in [1.82, 2.24) is 4.98 Å². The molecule has 0 spiro atoms. The lowest BCUT2D eigenvalue weighted by atomic mass is 9.78. The maximum Gasteiger partial charge on any atom is 0.412 e. The average molecular weight is 338 g/mol. The smallest absolute Gasteiger partial charge is 0.412 e. The number of rotatable bonds is 4. The number of anilines is 1. The van der Waals surface area contributed by atoms with E-state index in [0.29, 0.717) is 24.4 Å². The molecule has 1 heterocycles. The average Bonchev–Trinajstić information content (AvgIpc) is 2.59. The molecular formula is C20H22N2O3. The van der Waals surface area contributed by atoms with Gasteiger partial charge in [-0.25, -0.2) is 4.79 Å². The lowest BCUT2D eigenvalue weighted by Gasteiger charge is -2.30. The highest BCUT2D eigenvalue weighted by Gasteiger charge is 2.29. The first kappa shape index (κ1) is 17.1. The standard InChI is InChI=1S/C20H22N2O3/c1-14-9-16(11-17(23)10-14)18-7-8-21-12-19(18)22(20(24)25)13-15-5-3-2-4-6-15/h2-8,12,14,16H,9-11,13H2,1H3,(H,24,25). The molecule has 2 unspecified atom stereocenters. The third kappa shape index (κ3) is 4.05. The van der Waals surface area contributed by atoms with E-state index in [1.165, 1.54) is 4.90 Å². The lowest BCUT2D eigenvalue weighted by Crippen LogP contribution is -2.31. The zero-order valence-corrected chi connectivity index (χ0v) is 14.3. The Morgan fingerprint density at radius 3 is 2.68 bits per heavy atom. The number of carbonyl (C=O) groups excluding carboxylic acids is 1. The predicted octanol–water partition coefficient (Wildman–Crippen LogP) is 4.24. The fourth-order valence-electron chi connectivity index (χ4n) is 3.63. The van der Waals surface area contributed by atoms with Crippen LogP contribution in [-0.4, -0.2) is 22.0 Å². The van der Waals surface area contributed by atoms with Crippen molar-refractivity contribution >= 4 is 17.6 Å². The second-order valence-electron chi connectivity index (χ2n) is 6.77. The van der Waals surface area contributed by atoms with Gasteiger partial charge in [0.1, 0.15) is 5.78 Å². The Morgan fingerprint density at radius 2 is 2.00 bits per heavy atom. The fraction of sp³-hybridized carbons (Fsp3) is 0.350. The minimum absolute atomic E-state index is 0.0480. The molecule has 0 radical (unpaired) electrons. The van der Waals surface area contributed by atoms with Gasteiger partial charge in [-0.1, -0.05) is 37.3 Å². The van der Waals surface area contributed by atoms with Crippen LogP contribution in [0.2, 0.25) is 0 Å². The van der Waals surface area contributed by atoms with Gasteiger partial charge in [-0.3, -0.25) is 14.7 Å². The third-order valence-corrected chi connectivity index (χ3v) is 4.71. The second kappa shape index (κ2) is 7.47. The monoisotopic (exact) mass is 338 g/mol. The topological polar surface area (TPSA) is 70.5 Å². The van der Waals surface area contributed by atoms with Crippen LogP contribution in [0.15, 0.2) is 48.8 Å². The quantitative estimate of drug-likeness (QED) is 0.905. The number of aromatic nitrogens is 1. The molecule has 0 aliphatic heterocycles. The van der Waals surface area contributed by atoms with Crippen LogP contribution in [0.4, 0.5) is 10.5 Å². The summed E-state index contributed by atoms with van der Waals surface area (Å²) >= 11 is 0. The van der Waals surface area contributed by atoms with Crippen molar-refractivity contribution in [3.8, 4) is 0 Å². The van der Waals surface area contributed by atoms with Gasteiger partial charge in [0.25, 0.3) is 0 Å². The molecule has 1 saturated carbocycles. The first-order valence-corrected chi connectivity index (χ1v) is 8.54. The van der Waals surface area contributed by atoms with E-state index in [2.05, 4.69) is 11.9 Å². The SMILES string of the molecule is CC1CC(=O)CC(c2ccncc2N(Cc2ccccc2)C(=O)O)C1. The van der Waals surface area contributed by atoms with Gasteiger partial charge in [0, 0.05) is 19.0 Å². The molecule has 1 aromatic heterocycles. The molecule has 1 amide bonds. The summed E-state index contributed by atoms with van der Waals surface area (Å²) in [6.07, 6.45) is 4.22. The predicted molar refractivity (Wildman–Crippen MR) is 95.6 cm³/mol. The first-order valence-electron chi connectivity index (χ1n) is 8.54. The number of Topliss-reactive ketones (excluding diaryl/α,β-unsaturated/α-hetero) is 1. The van der Waals surface area contributed by atoms with Gasteiger partial charge in [0.05, 0.1) is 18.4 Å². The highest BCUT2D eigenvalue weighted by molar-refractivity contribution is 5.87. The minimum Gasteiger partial charge on any atom is -0.465 e.